The van der Waals surface area contributed by atoms with Crippen molar-refractivity contribution in [2.75, 3.05) is 6.54 Å². The normalized spacial score (nSPS) is 16.5. The van der Waals surface area contributed by atoms with Crippen molar-refractivity contribution in [3.63, 3.8) is 0 Å². The molecule has 1 aliphatic carbocycles. The van der Waals surface area contributed by atoms with Gasteiger partial charge < -0.3 is 4.90 Å². The third kappa shape index (κ3) is 1.98. The van der Waals surface area contributed by atoms with Crippen LogP contribution in [0, 0.1) is 11.3 Å². The molecule has 0 aromatic heterocycles. The molecule has 1 amide bonds. The van der Waals surface area contributed by atoms with E-state index >= 15 is 0 Å². The van der Waals surface area contributed by atoms with Crippen LogP contribution in [0.4, 0.5) is 0 Å². The lowest BCUT2D eigenvalue weighted by Gasteiger charge is -2.14. The minimum Gasteiger partial charge on any atom is -0.310 e. The number of nitrogens with zero attached hydrogens (tertiary/aromatic N) is 2. The van der Waals surface area contributed by atoms with Crippen molar-refractivity contribution >= 4 is 5.91 Å². The molecule has 1 heterocycles. The quantitative estimate of drug-likeness (QED) is 0.767. The zero-order valence-corrected chi connectivity index (χ0v) is 10.3. The average Bonchev–Trinajstić information content (AvgIpc) is 2.90. The van der Waals surface area contributed by atoms with E-state index in [2.05, 4.69) is 12.1 Å². The number of carbonyl (C=O) groups is 1. The Labute approximate surface area is 111 Å². The highest BCUT2D eigenvalue weighted by Gasteiger charge is 2.25. The third-order valence-corrected chi connectivity index (χ3v) is 3.37. The number of rotatable bonds is 1. The highest BCUT2D eigenvalue weighted by atomic mass is 16.2. The van der Waals surface area contributed by atoms with E-state index in [1.165, 1.54) is 11.1 Å². The molecule has 0 spiro atoms. The number of nitriles is 1. The summed E-state index contributed by atoms with van der Waals surface area (Å²) in [5.74, 6) is -0.111. The van der Waals surface area contributed by atoms with Crippen LogP contribution >= 0.6 is 0 Å². The van der Waals surface area contributed by atoms with Gasteiger partial charge in [-0.25, -0.2) is 0 Å². The zero-order valence-electron chi connectivity index (χ0n) is 10.3. The summed E-state index contributed by atoms with van der Waals surface area (Å²) in [6, 6.07) is 8.99. The molecule has 2 aliphatic rings. The molecule has 1 aliphatic heterocycles. The van der Waals surface area contributed by atoms with Crippen LogP contribution in [0.25, 0.3) is 0 Å². The van der Waals surface area contributed by atoms with Gasteiger partial charge in [0.1, 0.15) is 0 Å². The Balaban J connectivity index is 1.91. The topological polar surface area (TPSA) is 44.1 Å². The van der Waals surface area contributed by atoms with Gasteiger partial charge >= 0.3 is 0 Å². The molecule has 3 heteroatoms. The summed E-state index contributed by atoms with van der Waals surface area (Å²) >= 11 is 0. The highest BCUT2D eigenvalue weighted by molar-refractivity contribution is 5.98. The molecule has 0 fully saturated rings. The maximum Gasteiger partial charge on any atom is 0.259 e. The Bertz CT molecular complexity index is 674. The van der Waals surface area contributed by atoms with Crippen molar-refractivity contribution in [2.45, 2.75) is 6.42 Å². The van der Waals surface area contributed by atoms with Crippen LogP contribution in [0.1, 0.15) is 22.3 Å². The van der Waals surface area contributed by atoms with Gasteiger partial charge in [-0.3, -0.25) is 4.79 Å². The van der Waals surface area contributed by atoms with E-state index in [1.54, 1.807) is 29.2 Å². The fraction of sp³-hybridized carbons (Fsp3) is 0.125. The van der Waals surface area contributed by atoms with Crippen molar-refractivity contribution < 1.29 is 4.79 Å². The molecule has 0 N–H and O–H groups in total. The Hall–Kier alpha value is -2.60. The average molecular weight is 248 g/mol. The minimum absolute atomic E-state index is 0.111. The molecule has 1 aromatic carbocycles. The van der Waals surface area contributed by atoms with Crippen LogP contribution in [-0.4, -0.2) is 17.4 Å². The fourth-order valence-corrected chi connectivity index (χ4v) is 2.38. The van der Waals surface area contributed by atoms with Crippen molar-refractivity contribution in [1.29, 1.82) is 5.26 Å². The van der Waals surface area contributed by atoms with Crippen LogP contribution in [-0.2, 0) is 0 Å². The van der Waals surface area contributed by atoms with Crippen LogP contribution in [0.5, 0.6) is 0 Å². The molecule has 3 nitrogen and oxygen atoms in total. The molecular formula is C16H12N2O. The van der Waals surface area contributed by atoms with Crippen molar-refractivity contribution in [2.24, 2.45) is 0 Å². The summed E-state index contributed by atoms with van der Waals surface area (Å²) in [7, 11) is 0. The third-order valence-electron chi connectivity index (χ3n) is 3.37. The number of allylic oxidation sites excluding steroid dienone is 3. The van der Waals surface area contributed by atoms with E-state index < -0.39 is 0 Å². The molecule has 0 atom stereocenters. The van der Waals surface area contributed by atoms with Gasteiger partial charge in [-0.15, -0.1) is 0 Å². The fourth-order valence-electron chi connectivity index (χ4n) is 2.38. The van der Waals surface area contributed by atoms with Gasteiger partial charge in [-0.05, 0) is 29.7 Å². The summed E-state index contributed by atoms with van der Waals surface area (Å²) < 4.78 is 0. The van der Waals surface area contributed by atoms with Gasteiger partial charge in [-0.1, -0.05) is 30.4 Å². The van der Waals surface area contributed by atoms with Gasteiger partial charge in [0.2, 0.25) is 0 Å². The Morgan fingerprint density at radius 2 is 2.11 bits per heavy atom. The first-order chi connectivity index (χ1) is 9.29. The van der Waals surface area contributed by atoms with Crippen LogP contribution in [0.2, 0.25) is 0 Å². The number of carbonyl (C=O) groups excluding carboxylic acids is 1. The molecule has 0 saturated carbocycles. The summed E-state index contributed by atoms with van der Waals surface area (Å²) in [5.41, 5.74) is 3.26. The molecule has 1 aromatic rings. The molecule has 19 heavy (non-hydrogen) atoms. The number of amides is 1. The van der Waals surface area contributed by atoms with Crippen LogP contribution in [0.15, 0.2) is 59.8 Å². The molecule has 0 radical (unpaired) electrons. The van der Waals surface area contributed by atoms with E-state index in [0.717, 1.165) is 6.42 Å². The lowest BCUT2D eigenvalue weighted by molar-refractivity contribution is 0.0838. The second-order valence-electron chi connectivity index (χ2n) is 4.57. The molecule has 3 rings (SSSR count). The largest absolute Gasteiger partial charge is 0.310 e. The van der Waals surface area contributed by atoms with Crippen LogP contribution < -0.4 is 0 Å². The Morgan fingerprint density at radius 1 is 1.26 bits per heavy atom. The van der Waals surface area contributed by atoms with Gasteiger partial charge in [0.25, 0.3) is 5.91 Å². The Kier molecular flexibility index (Phi) is 2.77. The summed E-state index contributed by atoms with van der Waals surface area (Å²) in [6.07, 6.45) is 8.90. The van der Waals surface area contributed by atoms with Gasteiger partial charge in [0, 0.05) is 6.20 Å². The van der Waals surface area contributed by atoms with E-state index in [-0.39, 0.29) is 5.91 Å². The van der Waals surface area contributed by atoms with E-state index in [4.69, 9.17) is 5.26 Å². The first-order valence-corrected chi connectivity index (χ1v) is 6.16. The molecule has 92 valence electrons. The number of hydrogen-bond donors (Lipinski definition) is 0. The maximum atomic E-state index is 12.5. The van der Waals surface area contributed by atoms with Crippen molar-refractivity contribution in [1.82, 2.24) is 4.90 Å². The SMILES string of the molecule is N#Cc1ccccc1C(=O)N1C=C2CC=CC=C2C1. The predicted octanol–water partition coefficient (Wildman–Crippen LogP) is 2.78. The minimum atomic E-state index is -0.111. The van der Waals surface area contributed by atoms with E-state index in [9.17, 15) is 4.79 Å². The number of fused-ring (bicyclic) bond motifs is 1. The van der Waals surface area contributed by atoms with E-state index in [0.29, 0.717) is 17.7 Å². The Morgan fingerprint density at radius 3 is 2.89 bits per heavy atom. The summed E-state index contributed by atoms with van der Waals surface area (Å²) in [4.78, 5) is 14.1. The predicted molar refractivity (Wildman–Crippen MR) is 72.1 cm³/mol. The van der Waals surface area contributed by atoms with Gasteiger partial charge in [-0.2, -0.15) is 5.26 Å². The van der Waals surface area contributed by atoms with Crippen molar-refractivity contribution in [3.05, 3.63) is 71.0 Å². The molecular weight excluding hydrogens is 236 g/mol. The second-order valence-corrected chi connectivity index (χ2v) is 4.57. The summed E-state index contributed by atoms with van der Waals surface area (Å²) in [5, 5.41) is 9.06. The van der Waals surface area contributed by atoms with E-state index in [1.807, 2.05) is 18.4 Å². The zero-order chi connectivity index (χ0) is 13.2. The van der Waals surface area contributed by atoms with Gasteiger partial charge in [0.15, 0.2) is 0 Å². The van der Waals surface area contributed by atoms with Gasteiger partial charge in [0.05, 0.1) is 23.7 Å². The van der Waals surface area contributed by atoms with Crippen molar-refractivity contribution in [3.8, 4) is 6.07 Å². The first kappa shape index (κ1) is 11.5. The molecule has 0 bridgehead atoms. The lowest BCUT2D eigenvalue weighted by Crippen LogP contribution is -2.25. The smallest absolute Gasteiger partial charge is 0.259 e. The molecule has 0 saturated heterocycles. The summed E-state index contributed by atoms with van der Waals surface area (Å²) in [6.45, 7) is 0.596. The standard InChI is InChI=1S/C16H12N2O/c17-9-12-5-3-4-8-15(12)16(19)18-10-13-6-1-2-7-14(13)11-18/h1-6,8,11H,7,10H2. The number of hydrogen-bond acceptors (Lipinski definition) is 2. The monoisotopic (exact) mass is 248 g/mol. The van der Waals surface area contributed by atoms with Crippen LogP contribution in [0.3, 0.4) is 0 Å². The lowest BCUT2D eigenvalue weighted by atomic mass is 10.0. The first-order valence-electron chi connectivity index (χ1n) is 6.16. The maximum absolute atomic E-state index is 12.5. The number of benzene rings is 1. The second kappa shape index (κ2) is 4.58. The molecule has 0 unspecified atom stereocenters. The highest BCUT2D eigenvalue weighted by Crippen LogP contribution is 2.28.